The van der Waals surface area contributed by atoms with E-state index >= 15 is 0 Å². The Hall–Kier alpha value is -1.07. The predicted octanol–water partition coefficient (Wildman–Crippen LogP) is 1.62. The minimum absolute atomic E-state index is 0.0592. The maximum absolute atomic E-state index is 11.5. The monoisotopic (exact) mass is 269 g/mol. The first-order valence-electron chi connectivity index (χ1n) is 6.07. The van der Waals surface area contributed by atoms with Crippen molar-refractivity contribution in [3.05, 3.63) is 29.8 Å². The molecule has 2 rings (SSSR count). The lowest BCUT2D eigenvalue weighted by Crippen LogP contribution is -2.44. The molecule has 1 saturated heterocycles. The minimum Gasteiger partial charge on any atom is -0.508 e. The van der Waals surface area contributed by atoms with E-state index in [1.54, 1.807) is 12.1 Å². The van der Waals surface area contributed by atoms with Gasteiger partial charge < -0.3 is 10.4 Å². The molecule has 2 atom stereocenters. The van der Waals surface area contributed by atoms with Crippen molar-refractivity contribution in [2.24, 2.45) is 0 Å². The average molecular weight is 269 g/mol. The number of hydrogen-bond donors (Lipinski definition) is 2. The molecule has 0 radical (unpaired) electrons. The standard InChI is InChI=1S/C13H19NO3S/c1-10(11-3-5-12(15)6-4-11)14-13(2)7-8-18(16,17)9-13/h3-6,10,14-15H,7-9H2,1-2H3. The second kappa shape index (κ2) is 4.55. The van der Waals surface area contributed by atoms with Crippen LogP contribution in [0.2, 0.25) is 0 Å². The van der Waals surface area contributed by atoms with E-state index in [-0.39, 0.29) is 28.8 Å². The SMILES string of the molecule is CC(NC1(C)CCS(=O)(=O)C1)c1ccc(O)cc1. The van der Waals surface area contributed by atoms with Gasteiger partial charge in [0, 0.05) is 11.6 Å². The summed E-state index contributed by atoms with van der Waals surface area (Å²) in [4.78, 5) is 0. The Kier molecular flexibility index (Phi) is 3.38. The molecule has 100 valence electrons. The van der Waals surface area contributed by atoms with E-state index in [0.717, 1.165) is 5.56 Å². The largest absolute Gasteiger partial charge is 0.508 e. The number of phenols is 1. The number of sulfone groups is 1. The topological polar surface area (TPSA) is 66.4 Å². The van der Waals surface area contributed by atoms with Gasteiger partial charge in [-0.2, -0.15) is 0 Å². The zero-order valence-electron chi connectivity index (χ0n) is 10.7. The van der Waals surface area contributed by atoms with Crippen LogP contribution in [-0.4, -0.2) is 30.6 Å². The van der Waals surface area contributed by atoms with Crippen LogP contribution in [-0.2, 0) is 9.84 Å². The van der Waals surface area contributed by atoms with Gasteiger partial charge in [0.25, 0.3) is 0 Å². The maximum atomic E-state index is 11.5. The Morgan fingerprint density at radius 2 is 1.94 bits per heavy atom. The lowest BCUT2D eigenvalue weighted by atomic mass is 9.98. The Bertz CT molecular complexity index is 524. The van der Waals surface area contributed by atoms with E-state index in [4.69, 9.17) is 0 Å². The summed E-state index contributed by atoms with van der Waals surface area (Å²) >= 11 is 0. The number of rotatable bonds is 3. The summed E-state index contributed by atoms with van der Waals surface area (Å²) in [5.74, 6) is 0.696. The van der Waals surface area contributed by atoms with Gasteiger partial charge in [0.1, 0.15) is 5.75 Å². The molecule has 1 fully saturated rings. The summed E-state index contributed by atoms with van der Waals surface area (Å²) in [6.07, 6.45) is 0.651. The Morgan fingerprint density at radius 3 is 2.44 bits per heavy atom. The third-order valence-electron chi connectivity index (χ3n) is 3.46. The van der Waals surface area contributed by atoms with Crippen molar-refractivity contribution in [1.82, 2.24) is 5.32 Å². The highest BCUT2D eigenvalue weighted by Gasteiger charge is 2.38. The molecular formula is C13H19NO3S. The smallest absolute Gasteiger partial charge is 0.152 e. The first-order valence-corrected chi connectivity index (χ1v) is 7.89. The van der Waals surface area contributed by atoms with Crippen LogP contribution in [0, 0.1) is 0 Å². The molecule has 1 aliphatic rings. The quantitative estimate of drug-likeness (QED) is 0.875. The van der Waals surface area contributed by atoms with Crippen LogP contribution in [0.3, 0.4) is 0 Å². The van der Waals surface area contributed by atoms with E-state index < -0.39 is 9.84 Å². The van der Waals surface area contributed by atoms with E-state index in [2.05, 4.69) is 5.32 Å². The lowest BCUT2D eigenvalue weighted by molar-refractivity contribution is 0.355. The molecule has 2 unspecified atom stereocenters. The molecule has 0 aliphatic carbocycles. The fourth-order valence-corrected chi connectivity index (χ4v) is 4.60. The summed E-state index contributed by atoms with van der Waals surface area (Å²) in [6, 6.07) is 7.03. The summed E-state index contributed by atoms with van der Waals surface area (Å²) < 4.78 is 23.1. The lowest BCUT2D eigenvalue weighted by Gasteiger charge is -2.28. The van der Waals surface area contributed by atoms with Crippen LogP contribution in [0.5, 0.6) is 5.75 Å². The van der Waals surface area contributed by atoms with Crippen LogP contribution in [0.25, 0.3) is 0 Å². The van der Waals surface area contributed by atoms with Crippen LogP contribution in [0.1, 0.15) is 31.9 Å². The zero-order chi connectivity index (χ0) is 13.4. The second-order valence-electron chi connectivity index (χ2n) is 5.36. The Balaban J connectivity index is 2.08. The summed E-state index contributed by atoms with van der Waals surface area (Å²) in [7, 11) is -2.89. The van der Waals surface area contributed by atoms with Gasteiger partial charge in [-0.15, -0.1) is 0 Å². The minimum atomic E-state index is -2.89. The van der Waals surface area contributed by atoms with Crippen molar-refractivity contribution in [2.75, 3.05) is 11.5 Å². The van der Waals surface area contributed by atoms with E-state index in [0.29, 0.717) is 6.42 Å². The number of benzene rings is 1. The third-order valence-corrected chi connectivity index (χ3v) is 5.36. The maximum Gasteiger partial charge on any atom is 0.152 e. The van der Waals surface area contributed by atoms with Gasteiger partial charge in [0.15, 0.2) is 9.84 Å². The van der Waals surface area contributed by atoms with Gasteiger partial charge in [-0.3, -0.25) is 0 Å². The molecule has 1 aromatic carbocycles. The normalized spacial score (nSPS) is 28.1. The molecule has 0 amide bonds. The third kappa shape index (κ3) is 3.03. The number of aromatic hydroxyl groups is 1. The Morgan fingerprint density at radius 1 is 1.33 bits per heavy atom. The number of hydrogen-bond acceptors (Lipinski definition) is 4. The van der Waals surface area contributed by atoms with Crippen molar-refractivity contribution >= 4 is 9.84 Å². The van der Waals surface area contributed by atoms with Gasteiger partial charge in [-0.05, 0) is 38.0 Å². The fourth-order valence-electron chi connectivity index (χ4n) is 2.49. The first-order chi connectivity index (χ1) is 8.30. The van der Waals surface area contributed by atoms with Crippen molar-refractivity contribution in [1.29, 1.82) is 0 Å². The number of nitrogens with one attached hydrogen (secondary N) is 1. The highest BCUT2D eigenvalue weighted by molar-refractivity contribution is 7.91. The first kappa shape index (κ1) is 13.4. The molecule has 0 spiro atoms. The summed E-state index contributed by atoms with van der Waals surface area (Å²) in [6.45, 7) is 3.96. The molecule has 0 bridgehead atoms. The van der Waals surface area contributed by atoms with Crippen LogP contribution >= 0.6 is 0 Å². The van der Waals surface area contributed by atoms with Crippen LogP contribution in [0.4, 0.5) is 0 Å². The van der Waals surface area contributed by atoms with Crippen molar-refractivity contribution in [3.8, 4) is 5.75 Å². The van der Waals surface area contributed by atoms with Crippen molar-refractivity contribution < 1.29 is 13.5 Å². The van der Waals surface area contributed by atoms with E-state index in [9.17, 15) is 13.5 Å². The zero-order valence-corrected chi connectivity index (χ0v) is 11.5. The molecular weight excluding hydrogens is 250 g/mol. The molecule has 2 N–H and O–H groups in total. The predicted molar refractivity (Wildman–Crippen MR) is 71.3 cm³/mol. The molecule has 5 heteroatoms. The molecule has 18 heavy (non-hydrogen) atoms. The van der Waals surface area contributed by atoms with Crippen molar-refractivity contribution in [2.45, 2.75) is 31.8 Å². The average Bonchev–Trinajstić information content (AvgIpc) is 2.53. The van der Waals surface area contributed by atoms with Gasteiger partial charge in [0.2, 0.25) is 0 Å². The highest BCUT2D eigenvalue weighted by Crippen LogP contribution is 2.27. The van der Waals surface area contributed by atoms with Crippen LogP contribution in [0.15, 0.2) is 24.3 Å². The number of phenolic OH excluding ortho intramolecular Hbond substituents is 1. The van der Waals surface area contributed by atoms with E-state index in [1.165, 1.54) is 0 Å². The van der Waals surface area contributed by atoms with Gasteiger partial charge in [-0.25, -0.2) is 8.42 Å². The summed E-state index contributed by atoms with van der Waals surface area (Å²) in [5.41, 5.74) is 0.689. The summed E-state index contributed by atoms with van der Waals surface area (Å²) in [5, 5.41) is 12.6. The second-order valence-corrected chi connectivity index (χ2v) is 7.54. The molecule has 1 aliphatic heterocycles. The van der Waals surface area contributed by atoms with Gasteiger partial charge in [0.05, 0.1) is 11.5 Å². The fraction of sp³-hybridized carbons (Fsp3) is 0.538. The molecule has 0 aromatic heterocycles. The Labute approximate surface area is 108 Å². The molecule has 1 aromatic rings. The van der Waals surface area contributed by atoms with Crippen molar-refractivity contribution in [3.63, 3.8) is 0 Å². The molecule has 4 nitrogen and oxygen atoms in total. The van der Waals surface area contributed by atoms with Crippen LogP contribution < -0.4 is 5.32 Å². The van der Waals surface area contributed by atoms with Gasteiger partial charge in [-0.1, -0.05) is 12.1 Å². The highest BCUT2D eigenvalue weighted by atomic mass is 32.2. The molecule has 1 heterocycles. The van der Waals surface area contributed by atoms with Gasteiger partial charge >= 0.3 is 0 Å². The molecule has 0 saturated carbocycles. The van der Waals surface area contributed by atoms with E-state index in [1.807, 2.05) is 26.0 Å².